The maximum atomic E-state index is 12.3. The summed E-state index contributed by atoms with van der Waals surface area (Å²) in [6, 6.07) is 13.4. The average Bonchev–Trinajstić information content (AvgIpc) is 2.67. The third-order valence-corrected chi connectivity index (χ3v) is 4.78. The molecule has 146 valence electrons. The number of nitrogens with zero attached hydrogens (tertiary/aromatic N) is 1. The summed E-state index contributed by atoms with van der Waals surface area (Å²) in [5, 5.41) is 3.72. The molecule has 5 nitrogen and oxygen atoms in total. The van der Waals surface area contributed by atoms with Crippen LogP contribution in [0.5, 0.6) is 11.5 Å². The third-order valence-electron chi connectivity index (χ3n) is 4.43. The van der Waals surface area contributed by atoms with E-state index in [-0.39, 0.29) is 11.9 Å². The van der Waals surface area contributed by atoms with Crippen molar-refractivity contribution in [3.63, 3.8) is 0 Å². The lowest BCUT2D eigenvalue weighted by atomic mass is 10.1. The van der Waals surface area contributed by atoms with E-state index in [1.165, 1.54) is 0 Å². The largest absolute Gasteiger partial charge is 0.497 e. The minimum absolute atomic E-state index is 0.00399. The number of hydrogen-bond acceptors (Lipinski definition) is 4. The predicted octanol–water partition coefficient (Wildman–Crippen LogP) is 3.71. The van der Waals surface area contributed by atoms with Gasteiger partial charge in [0.25, 0.3) is 0 Å². The first kappa shape index (κ1) is 21.1. The standard InChI is InChI=1S/C21H27ClN2O3/c1-24(2)20(18-7-5-6-8-19(18)22)14-23-21(25)10-9-15-11-16(26-3)13-17(12-15)27-4/h5-8,11-13,20H,9-10,14H2,1-4H3,(H,23,25). The molecule has 0 aliphatic heterocycles. The Bertz CT molecular complexity index is 743. The minimum atomic E-state index is -0.00399. The second-order valence-corrected chi connectivity index (χ2v) is 6.93. The molecule has 0 aromatic heterocycles. The van der Waals surface area contributed by atoms with Crippen LogP contribution in [0.4, 0.5) is 0 Å². The number of hydrogen-bond donors (Lipinski definition) is 1. The highest BCUT2D eigenvalue weighted by molar-refractivity contribution is 6.31. The lowest BCUT2D eigenvalue weighted by Gasteiger charge is -2.26. The molecule has 0 aliphatic rings. The highest BCUT2D eigenvalue weighted by Gasteiger charge is 2.17. The first-order chi connectivity index (χ1) is 12.9. The molecule has 27 heavy (non-hydrogen) atoms. The molecule has 0 saturated heterocycles. The van der Waals surface area contributed by atoms with E-state index in [0.29, 0.717) is 24.4 Å². The Hall–Kier alpha value is -2.24. The number of methoxy groups -OCH3 is 2. The van der Waals surface area contributed by atoms with E-state index < -0.39 is 0 Å². The molecule has 2 aromatic carbocycles. The zero-order valence-electron chi connectivity index (χ0n) is 16.3. The molecule has 0 aliphatic carbocycles. The van der Waals surface area contributed by atoms with Gasteiger partial charge >= 0.3 is 0 Å². The summed E-state index contributed by atoms with van der Waals surface area (Å²) in [5.74, 6) is 1.43. The molecular formula is C21H27ClN2O3. The van der Waals surface area contributed by atoms with Gasteiger partial charge in [0.1, 0.15) is 11.5 Å². The van der Waals surface area contributed by atoms with Crippen LogP contribution in [-0.2, 0) is 11.2 Å². The van der Waals surface area contributed by atoms with E-state index in [9.17, 15) is 4.79 Å². The normalized spacial score (nSPS) is 11.9. The zero-order valence-corrected chi connectivity index (χ0v) is 17.0. The topological polar surface area (TPSA) is 50.8 Å². The number of carbonyl (C=O) groups excluding carboxylic acids is 1. The molecular weight excluding hydrogens is 364 g/mol. The highest BCUT2D eigenvalue weighted by atomic mass is 35.5. The van der Waals surface area contributed by atoms with Crippen LogP contribution in [0.1, 0.15) is 23.6 Å². The van der Waals surface area contributed by atoms with Gasteiger partial charge in [-0.15, -0.1) is 0 Å². The summed E-state index contributed by atoms with van der Waals surface area (Å²) < 4.78 is 10.5. The Morgan fingerprint density at radius 3 is 2.30 bits per heavy atom. The fourth-order valence-electron chi connectivity index (χ4n) is 2.88. The van der Waals surface area contributed by atoms with E-state index in [4.69, 9.17) is 21.1 Å². The van der Waals surface area contributed by atoms with Gasteiger partial charge in [-0.1, -0.05) is 29.8 Å². The van der Waals surface area contributed by atoms with Gasteiger partial charge in [-0.25, -0.2) is 0 Å². The first-order valence-electron chi connectivity index (χ1n) is 8.84. The fourth-order valence-corrected chi connectivity index (χ4v) is 3.15. The maximum absolute atomic E-state index is 12.3. The smallest absolute Gasteiger partial charge is 0.220 e. The molecule has 0 radical (unpaired) electrons. The van der Waals surface area contributed by atoms with Gasteiger partial charge in [0, 0.05) is 24.1 Å². The molecule has 2 aromatic rings. The highest BCUT2D eigenvalue weighted by Crippen LogP contribution is 2.26. The Morgan fingerprint density at radius 1 is 1.11 bits per heavy atom. The molecule has 0 heterocycles. The molecule has 2 rings (SSSR count). The van der Waals surface area contributed by atoms with Gasteiger partial charge in [0.15, 0.2) is 0 Å². The zero-order chi connectivity index (χ0) is 19.8. The van der Waals surface area contributed by atoms with Crippen LogP contribution in [0, 0.1) is 0 Å². The summed E-state index contributed by atoms with van der Waals surface area (Å²) >= 11 is 6.31. The van der Waals surface area contributed by atoms with Crippen LogP contribution in [0.3, 0.4) is 0 Å². The van der Waals surface area contributed by atoms with Crippen molar-refractivity contribution in [2.24, 2.45) is 0 Å². The molecule has 0 fully saturated rings. The number of aryl methyl sites for hydroxylation is 1. The van der Waals surface area contributed by atoms with E-state index in [1.807, 2.05) is 56.6 Å². The molecule has 1 atom stereocenters. The van der Waals surface area contributed by atoms with Crippen molar-refractivity contribution in [3.8, 4) is 11.5 Å². The van der Waals surface area contributed by atoms with Gasteiger partial charge in [-0.05, 0) is 49.8 Å². The summed E-state index contributed by atoms with van der Waals surface area (Å²) in [6.07, 6.45) is 0.997. The number of rotatable bonds is 9. The van der Waals surface area contributed by atoms with E-state index in [0.717, 1.165) is 22.6 Å². The second kappa shape index (κ2) is 10.2. The summed E-state index contributed by atoms with van der Waals surface area (Å²) in [7, 11) is 7.17. The number of halogens is 1. The van der Waals surface area contributed by atoms with Gasteiger partial charge in [0.05, 0.1) is 20.3 Å². The van der Waals surface area contributed by atoms with Crippen LogP contribution in [0.2, 0.25) is 5.02 Å². The fraction of sp³-hybridized carbons (Fsp3) is 0.381. The molecule has 0 saturated carbocycles. The minimum Gasteiger partial charge on any atom is -0.497 e. The van der Waals surface area contributed by atoms with Gasteiger partial charge in [0.2, 0.25) is 5.91 Å². The lowest BCUT2D eigenvalue weighted by molar-refractivity contribution is -0.121. The van der Waals surface area contributed by atoms with Gasteiger partial charge in [-0.2, -0.15) is 0 Å². The SMILES string of the molecule is COc1cc(CCC(=O)NCC(c2ccccc2Cl)N(C)C)cc(OC)c1. The maximum Gasteiger partial charge on any atom is 0.220 e. The molecule has 0 spiro atoms. The number of nitrogens with one attached hydrogen (secondary N) is 1. The van der Waals surface area contributed by atoms with Gasteiger partial charge in [-0.3, -0.25) is 4.79 Å². The van der Waals surface area contributed by atoms with Crippen LogP contribution in [0.25, 0.3) is 0 Å². The van der Waals surface area contributed by atoms with E-state index >= 15 is 0 Å². The Labute approximate surface area is 166 Å². The molecule has 1 N–H and O–H groups in total. The Kier molecular flexibility index (Phi) is 7.95. The molecule has 0 bridgehead atoms. The van der Waals surface area contributed by atoms with Crippen LogP contribution < -0.4 is 14.8 Å². The summed E-state index contributed by atoms with van der Waals surface area (Å²) in [4.78, 5) is 14.4. The summed E-state index contributed by atoms with van der Waals surface area (Å²) in [5.41, 5.74) is 2.00. The lowest BCUT2D eigenvalue weighted by Crippen LogP contribution is -2.34. The van der Waals surface area contributed by atoms with Crippen LogP contribution in [0.15, 0.2) is 42.5 Å². The third kappa shape index (κ3) is 6.15. The monoisotopic (exact) mass is 390 g/mol. The van der Waals surface area contributed by atoms with Gasteiger partial charge < -0.3 is 19.7 Å². The van der Waals surface area contributed by atoms with Crippen LogP contribution >= 0.6 is 11.6 Å². The van der Waals surface area contributed by atoms with Crippen molar-refractivity contribution in [3.05, 3.63) is 58.6 Å². The quantitative estimate of drug-likeness (QED) is 0.709. The average molecular weight is 391 g/mol. The predicted molar refractivity (Wildman–Crippen MR) is 109 cm³/mol. The molecule has 1 unspecified atom stereocenters. The van der Waals surface area contributed by atoms with Crippen molar-refractivity contribution in [1.82, 2.24) is 10.2 Å². The van der Waals surface area contributed by atoms with E-state index in [1.54, 1.807) is 14.2 Å². The molecule has 1 amide bonds. The second-order valence-electron chi connectivity index (χ2n) is 6.53. The van der Waals surface area contributed by atoms with Crippen LogP contribution in [-0.4, -0.2) is 45.7 Å². The molecule has 6 heteroatoms. The van der Waals surface area contributed by atoms with Crippen molar-refractivity contribution >= 4 is 17.5 Å². The number of carbonyl (C=O) groups is 1. The Morgan fingerprint density at radius 2 is 1.74 bits per heavy atom. The van der Waals surface area contributed by atoms with E-state index in [2.05, 4.69) is 10.2 Å². The van der Waals surface area contributed by atoms with Crippen molar-refractivity contribution in [1.29, 1.82) is 0 Å². The number of likely N-dealkylation sites (N-methyl/N-ethyl adjacent to an activating group) is 1. The Balaban J connectivity index is 1.94. The number of ether oxygens (including phenoxy) is 2. The number of amides is 1. The van der Waals surface area contributed by atoms with Crippen molar-refractivity contribution < 1.29 is 14.3 Å². The summed E-state index contributed by atoms with van der Waals surface area (Å²) in [6.45, 7) is 0.497. The van der Waals surface area contributed by atoms with Crippen molar-refractivity contribution in [2.45, 2.75) is 18.9 Å². The number of benzene rings is 2. The first-order valence-corrected chi connectivity index (χ1v) is 9.22. The van der Waals surface area contributed by atoms with Crippen molar-refractivity contribution in [2.75, 3.05) is 34.9 Å².